The van der Waals surface area contributed by atoms with E-state index in [-0.39, 0.29) is 17.8 Å². The van der Waals surface area contributed by atoms with E-state index in [1.54, 1.807) is 11.0 Å². The van der Waals surface area contributed by atoms with E-state index in [2.05, 4.69) is 51.2 Å². The van der Waals surface area contributed by atoms with Crippen LogP contribution in [0.15, 0.2) is 121 Å². The SMILES string of the molecule is CC(C)(C)OC(=O)N1CCN(Cc2ccccc2)C(=O)[C@@H]1C[C@H](Cc1cc(F)cc(OCC=CCCCBr)c1)N(Cc1ccccc1)Cc1ccccc1. The quantitative estimate of drug-likeness (QED) is 0.0606. The smallest absolute Gasteiger partial charge is 0.411 e. The Hall–Kier alpha value is -4.47. The number of hydrogen-bond acceptors (Lipinski definition) is 5. The number of benzene rings is 4. The molecular weight excluding hydrogens is 745 g/mol. The lowest BCUT2D eigenvalue weighted by molar-refractivity contribution is -0.143. The van der Waals surface area contributed by atoms with E-state index in [9.17, 15) is 9.59 Å². The number of piperazine rings is 1. The molecular formula is C45H53BrFN3O4. The fourth-order valence-corrected chi connectivity index (χ4v) is 7.08. The van der Waals surface area contributed by atoms with Crippen LogP contribution in [0.25, 0.3) is 0 Å². The molecule has 286 valence electrons. The molecule has 54 heavy (non-hydrogen) atoms. The Kier molecular flexibility index (Phi) is 15.3. The lowest BCUT2D eigenvalue weighted by atomic mass is 9.94. The zero-order valence-electron chi connectivity index (χ0n) is 31.7. The van der Waals surface area contributed by atoms with E-state index in [0.717, 1.165) is 40.4 Å². The molecule has 1 fully saturated rings. The zero-order chi connectivity index (χ0) is 38.3. The van der Waals surface area contributed by atoms with Crippen LogP contribution in [0.2, 0.25) is 0 Å². The van der Waals surface area contributed by atoms with Crippen LogP contribution in [-0.2, 0) is 35.6 Å². The van der Waals surface area contributed by atoms with Gasteiger partial charge in [-0.25, -0.2) is 9.18 Å². The van der Waals surface area contributed by atoms with E-state index in [4.69, 9.17) is 9.47 Å². The van der Waals surface area contributed by atoms with Gasteiger partial charge in [0.1, 0.15) is 29.8 Å². The molecule has 0 radical (unpaired) electrons. The van der Waals surface area contributed by atoms with Crippen molar-refractivity contribution >= 4 is 27.9 Å². The van der Waals surface area contributed by atoms with Crippen LogP contribution in [0.1, 0.15) is 62.3 Å². The minimum atomic E-state index is -0.801. The molecule has 7 nitrogen and oxygen atoms in total. The molecule has 2 atom stereocenters. The number of ether oxygens (including phenoxy) is 2. The first-order chi connectivity index (χ1) is 26.1. The summed E-state index contributed by atoms with van der Waals surface area (Å²) in [5.74, 6) is -0.0691. The van der Waals surface area contributed by atoms with Gasteiger partial charge < -0.3 is 14.4 Å². The Morgan fingerprint density at radius 2 is 1.48 bits per heavy atom. The third-order valence-corrected chi connectivity index (χ3v) is 9.88. The van der Waals surface area contributed by atoms with Crippen molar-refractivity contribution < 1.29 is 23.5 Å². The molecule has 9 heteroatoms. The molecule has 4 aromatic rings. The Balaban J connectivity index is 1.52. The van der Waals surface area contributed by atoms with Gasteiger partial charge in [0, 0.05) is 50.2 Å². The Morgan fingerprint density at radius 3 is 2.07 bits per heavy atom. The Morgan fingerprint density at radius 1 is 0.870 bits per heavy atom. The van der Waals surface area contributed by atoms with Crippen LogP contribution < -0.4 is 4.74 Å². The highest BCUT2D eigenvalue weighted by Crippen LogP contribution is 2.28. The zero-order valence-corrected chi connectivity index (χ0v) is 33.3. The first kappa shape index (κ1) is 40.7. The predicted octanol–water partition coefficient (Wildman–Crippen LogP) is 9.59. The summed E-state index contributed by atoms with van der Waals surface area (Å²) >= 11 is 3.45. The maximum absolute atomic E-state index is 15.3. The molecule has 0 spiro atoms. The minimum absolute atomic E-state index is 0.129. The standard InChI is InChI=1S/C45H53BrFN3O4/c1-45(2,3)54-44(52)50-25-24-48(32-35-17-9-6-10-18-35)43(51)42(50)31-40(28-38-27-39(47)30-41(29-38)53-26-16-5-4-15-23-46)49(33-36-19-11-7-12-20-36)34-37-21-13-8-14-22-37/h5-14,16-22,27,29-30,40,42H,4,15,23-26,28,31-34H2,1-3H3/t40-,42-/m0/s1. The van der Waals surface area contributed by atoms with Crippen LogP contribution in [0.3, 0.4) is 0 Å². The summed E-state index contributed by atoms with van der Waals surface area (Å²) in [6, 6.07) is 34.1. The summed E-state index contributed by atoms with van der Waals surface area (Å²) in [5, 5.41) is 0.936. The van der Waals surface area contributed by atoms with Gasteiger partial charge in [-0.15, -0.1) is 0 Å². The van der Waals surface area contributed by atoms with Crippen LogP contribution in [0.5, 0.6) is 5.75 Å². The lowest BCUT2D eigenvalue weighted by Crippen LogP contribution is -2.60. The molecule has 2 amide bonds. The summed E-state index contributed by atoms with van der Waals surface area (Å²) in [7, 11) is 0. The molecule has 0 aliphatic carbocycles. The lowest BCUT2D eigenvalue weighted by Gasteiger charge is -2.43. The van der Waals surface area contributed by atoms with Gasteiger partial charge in [-0.05, 0) is 80.8 Å². The van der Waals surface area contributed by atoms with E-state index in [1.165, 1.54) is 6.07 Å². The molecule has 0 saturated carbocycles. The van der Waals surface area contributed by atoms with Gasteiger partial charge >= 0.3 is 6.09 Å². The van der Waals surface area contributed by atoms with Gasteiger partial charge in [0.25, 0.3) is 0 Å². The number of carbonyl (C=O) groups is 2. The summed E-state index contributed by atoms with van der Waals surface area (Å²) in [5.41, 5.74) is 3.25. The van der Waals surface area contributed by atoms with Gasteiger partial charge in [0.2, 0.25) is 5.91 Å². The number of hydrogen-bond donors (Lipinski definition) is 0. The van der Waals surface area contributed by atoms with Crippen molar-refractivity contribution in [3.8, 4) is 5.75 Å². The van der Waals surface area contributed by atoms with Crippen molar-refractivity contribution in [3.63, 3.8) is 0 Å². The average Bonchev–Trinajstić information content (AvgIpc) is 3.14. The fourth-order valence-electron chi connectivity index (χ4n) is 6.75. The number of unbranched alkanes of at least 4 members (excludes halogenated alkanes) is 1. The van der Waals surface area contributed by atoms with Crippen molar-refractivity contribution in [2.45, 2.75) is 83.8 Å². The molecule has 5 rings (SSSR count). The first-order valence-corrected chi connectivity index (χ1v) is 20.0. The van der Waals surface area contributed by atoms with Gasteiger partial charge in [0.05, 0.1) is 0 Å². The normalized spacial score (nSPS) is 15.5. The van der Waals surface area contributed by atoms with E-state index in [0.29, 0.717) is 57.9 Å². The Bertz CT molecular complexity index is 1740. The van der Waals surface area contributed by atoms with Crippen molar-refractivity contribution in [3.05, 3.63) is 149 Å². The van der Waals surface area contributed by atoms with Crippen LogP contribution >= 0.6 is 15.9 Å². The second-order valence-corrected chi connectivity index (χ2v) is 15.6. The average molecular weight is 799 g/mol. The number of alkyl halides is 1. The van der Waals surface area contributed by atoms with Crippen molar-refractivity contribution in [1.82, 2.24) is 14.7 Å². The molecule has 0 unspecified atom stereocenters. The largest absolute Gasteiger partial charge is 0.489 e. The molecule has 1 aliphatic heterocycles. The van der Waals surface area contributed by atoms with Gasteiger partial charge in [-0.2, -0.15) is 0 Å². The topological polar surface area (TPSA) is 62.3 Å². The summed E-state index contributed by atoms with van der Waals surface area (Å²) in [6.45, 7) is 8.17. The van der Waals surface area contributed by atoms with Crippen molar-refractivity contribution in [2.24, 2.45) is 0 Å². The maximum atomic E-state index is 15.3. The number of nitrogens with zero attached hydrogens (tertiary/aromatic N) is 3. The van der Waals surface area contributed by atoms with Gasteiger partial charge in [-0.1, -0.05) is 119 Å². The molecule has 0 N–H and O–H groups in total. The van der Waals surface area contributed by atoms with E-state index in [1.807, 2.05) is 105 Å². The molecule has 1 aliphatic rings. The molecule has 1 heterocycles. The highest BCUT2D eigenvalue weighted by Gasteiger charge is 2.41. The summed E-state index contributed by atoms with van der Waals surface area (Å²) < 4.78 is 27.2. The van der Waals surface area contributed by atoms with Crippen LogP contribution in [0.4, 0.5) is 9.18 Å². The third-order valence-electron chi connectivity index (χ3n) is 9.32. The molecule has 0 aromatic heterocycles. The minimum Gasteiger partial charge on any atom is -0.489 e. The Labute approximate surface area is 328 Å². The summed E-state index contributed by atoms with van der Waals surface area (Å²) in [4.78, 5) is 34.3. The number of amides is 2. The van der Waals surface area contributed by atoms with E-state index >= 15 is 4.39 Å². The monoisotopic (exact) mass is 797 g/mol. The molecule has 1 saturated heterocycles. The van der Waals surface area contributed by atoms with Crippen LogP contribution in [-0.4, -0.2) is 69.4 Å². The van der Waals surface area contributed by atoms with Gasteiger partial charge in [-0.3, -0.25) is 14.6 Å². The first-order valence-electron chi connectivity index (χ1n) is 18.9. The molecule has 0 bridgehead atoms. The molecule has 4 aromatic carbocycles. The summed E-state index contributed by atoms with van der Waals surface area (Å²) in [6.07, 6.45) is 6.21. The van der Waals surface area contributed by atoms with Crippen LogP contribution in [0, 0.1) is 5.82 Å². The number of halogens is 2. The third kappa shape index (κ3) is 12.8. The fraction of sp³-hybridized carbons (Fsp3) is 0.378. The van der Waals surface area contributed by atoms with Gasteiger partial charge in [0.15, 0.2) is 0 Å². The number of rotatable bonds is 17. The number of allylic oxidation sites excluding steroid dienone is 1. The highest BCUT2D eigenvalue weighted by molar-refractivity contribution is 9.09. The highest BCUT2D eigenvalue weighted by atomic mass is 79.9. The maximum Gasteiger partial charge on any atom is 0.411 e. The second kappa shape index (κ2) is 20.3. The van der Waals surface area contributed by atoms with E-state index < -0.39 is 17.7 Å². The number of carbonyl (C=O) groups excluding carboxylic acids is 2. The predicted molar refractivity (Wildman–Crippen MR) is 217 cm³/mol. The second-order valence-electron chi connectivity index (χ2n) is 14.8. The van der Waals surface area contributed by atoms with Crippen molar-refractivity contribution in [2.75, 3.05) is 25.0 Å². The van der Waals surface area contributed by atoms with Crippen molar-refractivity contribution in [1.29, 1.82) is 0 Å².